The SMILES string of the molecule is CCN(CC)c1ccc(C#Cc2c3ccccc3c(C#Cc3ccc(N(CC)CC)cc3)c3cc4ccccc4cc23)cc1. The molecule has 0 aromatic heterocycles. The zero-order chi connectivity index (χ0) is 30.5. The molecular formula is C42H38N2. The van der Waals surface area contributed by atoms with E-state index < -0.39 is 0 Å². The molecule has 0 spiro atoms. The normalized spacial score (nSPS) is 10.7. The average Bonchev–Trinajstić information content (AvgIpc) is 3.07. The van der Waals surface area contributed by atoms with E-state index in [-0.39, 0.29) is 0 Å². The second-order valence-corrected chi connectivity index (χ2v) is 11.0. The van der Waals surface area contributed by atoms with Crippen LogP contribution in [0.5, 0.6) is 0 Å². The second-order valence-electron chi connectivity index (χ2n) is 11.0. The summed E-state index contributed by atoms with van der Waals surface area (Å²) < 4.78 is 0. The summed E-state index contributed by atoms with van der Waals surface area (Å²) >= 11 is 0. The molecule has 0 atom stereocenters. The summed E-state index contributed by atoms with van der Waals surface area (Å²) in [5, 5.41) is 6.93. The van der Waals surface area contributed by atoms with Crippen molar-refractivity contribution < 1.29 is 0 Å². The number of hydrogen-bond donors (Lipinski definition) is 0. The van der Waals surface area contributed by atoms with Crippen LogP contribution in [0.2, 0.25) is 0 Å². The lowest BCUT2D eigenvalue weighted by molar-refractivity contribution is 0.866. The quantitative estimate of drug-likeness (QED) is 0.145. The molecule has 0 radical (unpaired) electrons. The van der Waals surface area contributed by atoms with Crippen molar-refractivity contribution in [3.05, 3.63) is 131 Å². The molecule has 0 aliphatic rings. The molecule has 6 aromatic rings. The van der Waals surface area contributed by atoms with Gasteiger partial charge in [0.05, 0.1) is 0 Å². The Kier molecular flexibility index (Phi) is 8.54. The molecule has 0 unspecified atom stereocenters. The maximum absolute atomic E-state index is 3.60. The van der Waals surface area contributed by atoms with Crippen LogP contribution in [-0.4, -0.2) is 26.2 Å². The number of nitrogens with zero attached hydrogens (tertiary/aromatic N) is 2. The Balaban J connectivity index is 1.52. The van der Waals surface area contributed by atoms with E-state index in [9.17, 15) is 0 Å². The van der Waals surface area contributed by atoms with Crippen molar-refractivity contribution in [3.8, 4) is 23.7 Å². The van der Waals surface area contributed by atoms with Gasteiger partial charge in [-0.25, -0.2) is 0 Å². The number of anilines is 2. The van der Waals surface area contributed by atoms with Crippen LogP contribution < -0.4 is 9.80 Å². The molecule has 0 fully saturated rings. The molecule has 0 saturated heterocycles. The highest BCUT2D eigenvalue weighted by Gasteiger charge is 2.13. The zero-order valence-corrected chi connectivity index (χ0v) is 26.1. The molecule has 0 N–H and O–H groups in total. The highest BCUT2D eigenvalue weighted by Crippen LogP contribution is 2.35. The minimum atomic E-state index is 0.990. The van der Waals surface area contributed by atoms with Gasteiger partial charge < -0.3 is 9.80 Å². The molecule has 0 saturated carbocycles. The third-order valence-electron chi connectivity index (χ3n) is 8.55. The summed E-state index contributed by atoms with van der Waals surface area (Å²) in [4.78, 5) is 4.70. The monoisotopic (exact) mass is 570 g/mol. The summed E-state index contributed by atoms with van der Waals surface area (Å²) in [6.45, 7) is 12.7. The van der Waals surface area contributed by atoms with Gasteiger partial charge in [-0.3, -0.25) is 0 Å². The predicted molar refractivity (Wildman–Crippen MR) is 191 cm³/mol. The molecule has 2 heteroatoms. The van der Waals surface area contributed by atoms with Crippen molar-refractivity contribution in [2.24, 2.45) is 0 Å². The third kappa shape index (κ3) is 5.73. The van der Waals surface area contributed by atoms with E-state index in [2.05, 4.69) is 170 Å². The Morgan fingerprint density at radius 3 is 1.14 bits per heavy atom. The van der Waals surface area contributed by atoms with E-state index in [4.69, 9.17) is 0 Å². The van der Waals surface area contributed by atoms with E-state index in [1.165, 1.54) is 22.1 Å². The Labute approximate surface area is 261 Å². The molecule has 0 aliphatic carbocycles. The van der Waals surface area contributed by atoms with E-state index in [1.54, 1.807) is 0 Å². The first kappa shape index (κ1) is 28.9. The van der Waals surface area contributed by atoms with Crippen LogP contribution >= 0.6 is 0 Å². The van der Waals surface area contributed by atoms with Crippen LogP contribution in [0, 0.1) is 23.7 Å². The smallest absolute Gasteiger partial charge is 0.0407 e. The molecule has 44 heavy (non-hydrogen) atoms. The maximum Gasteiger partial charge on any atom is 0.0407 e. The molecule has 6 aromatic carbocycles. The first-order valence-electron chi connectivity index (χ1n) is 15.7. The topological polar surface area (TPSA) is 6.48 Å². The molecule has 0 heterocycles. The van der Waals surface area contributed by atoms with Gasteiger partial charge in [-0.2, -0.15) is 0 Å². The van der Waals surface area contributed by atoms with Gasteiger partial charge in [0.2, 0.25) is 0 Å². The lowest BCUT2D eigenvalue weighted by atomic mass is 9.90. The van der Waals surface area contributed by atoms with Gasteiger partial charge in [0.15, 0.2) is 0 Å². The standard InChI is InChI=1S/C42H38N2/c1-5-43(6-2)35-23-17-31(18-24-35)21-27-39-37-15-11-12-16-38(37)40(42-30-34-14-10-9-13-33(34)29-41(39)42)28-22-32-19-25-36(26-20-32)44(7-3)8-4/h9-20,23-26,29-30H,5-8H2,1-4H3. The average molecular weight is 571 g/mol. The van der Waals surface area contributed by atoms with E-state index in [1.807, 2.05) is 0 Å². The fourth-order valence-electron chi connectivity index (χ4n) is 6.09. The van der Waals surface area contributed by atoms with E-state index in [0.29, 0.717) is 0 Å². The molecule has 0 amide bonds. The molecule has 0 bridgehead atoms. The van der Waals surface area contributed by atoms with Crippen molar-refractivity contribution in [1.82, 2.24) is 0 Å². The first-order chi connectivity index (χ1) is 21.6. The maximum atomic E-state index is 3.60. The predicted octanol–water partition coefficient (Wildman–Crippen LogP) is 9.64. The van der Waals surface area contributed by atoms with Gasteiger partial charge in [0, 0.05) is 59.8 Å². The number of benzene rings is 6. The van der Waals surface area contributed by atoms with Crippen LogP contribution in [-0.2, 0) is 0 Å². The van der Waals surface area contributed by atoms with Gasteiger partial charge in [-0.15, -0.1) is 0 Å². The Bertz CT molecular complexity index is 1900. The van der Waals surface area contributed by atoms with Crippen molar-refractivity contribution in [3.63, 3.8) is 0 Å². The summed E-state index contributed by atoms with van der Waals surface area (Å²) in [6.07, 6.45) is 0. The summed E-state index contributed by atoms with van der Waals surface area (Å²) in [5.41, 5.74) is 6.57. The number of rotatable bonds is 6. The Morgan fingerprint density at radius 1 is 0.409 bits per heavy atom. The lowest BCUT2D eigenvalue weighted by Gasteiger charge is -2.20. The van der Waals surface area contributed by atoms with E-state index in [0.717, 1.165) is 70.0 Å². The summed E-state index contributed by atoms with van der Waals surface area (Å²) in [5.74, 6) is 14.2. The first-order valence-corrected chi connectivity index (χ1v) is 15.7. The summed E-state index contributed by atoms with van der Waals surface area (Å²) in [6, 6.07) is 38.9. The molecule has 216 valence electrons. The van der Waals surface area contributed by atoms with Crippen LogP contribution in [0.1, 0.15) is 49.9 Å². The highest BCUT2D eigenvalue weighted by atomic mass is 15.1. The zero-order valence-electron chi connectivity index (χ0n) is 26.1. The highest BCUT2D eigenvalue weighted by molar-refractivity contribution is 6.13. The fourth-order valence-corrected chi connectivity index (χ4v) is 6.09. The minimum Gasteiger partial charge on any atom is -0.372 e. The van der Waals surface area contributed by atoms with Gasteiger partial charge in [-0.1, -0.05) is 72.2 Å². The minimum absolute atomic E-state index is 0.990. The van der Waals surface area contributed by atoms with Gasteiger partial charge >= 0.3 is 0 Å². The summed E-state index contributed by atoms with van der Waals surface area (Å²) in [7, 11) is 0. The lowest BCUT2D eigenvalue weighted by Crippen LogP contribution is -2.21. The van der Waals surface area contributed by atoms with Crippen molar-refractivity contribution in [1.29, 1.82) is 0 Å². The molecular weight excluding hydrogens is 532 g/mol. The third-order valence-corrected chi connectivity index (χ3v) is 8.55. The van der Waals surface area contributed by atoms with Crippen molar-refractivity contribution in [2.45, 2.75) is 27.7 Å². The molecule has 2 nitrogen and oxygen atoms in total. The Morgan fingerprint density at radius 2 is 0.773 bits per heavy atom. The van der Waals surface area contributed by atoms with E-state index >= 15 is 0 Å². The van der Waals surface area contributed by atoms with Crippen LogP contribution in [0.4, 0.5) is 11.4 Å². The van der Waals surface area contributed by atoms with Gasteiger partial charge in [0.25, 0.3) is 0 Å². The van der Waals surface area contributed by atoms with Crippen LogP contribution in [0.3, 0.4) is 0 Å². The fraction of sp³-hybridized carbons (Fsp3) is 0.190. The molecule has 6 rings (SSSR count). The van der Waals surface area contributed by atoms with Crippen LogP contribution in [0.15, 0.2) is 109 Å². The van der Waals surface area contributed by atoms with Gasteiger partial charge in [-0.05, 0) is 121 Å². The Hall–Kier alpha value is -5.18. The van der Waals surface area contributed by atoms with Crippen molar-refractivity contribution >= 4 is 43.7 Å². The second kappa shape index (κ2) is 13.0. The molecule has 0 aliphatic heterocycles. The number of hydrogen-bond acceptors (Lipinski definition) is 2. The van der Waals surface area contributed by atoms with Crippen molar-refractivity contribution in [2.75, 3.05) is 36.0 Å². The van der Waals surface area contributed by atoms with Gasteiger partial charge in [0.1, 0.15) is 0 Å². The number of fused-ring (bicyclic) bond motifs is 3. The van der Waals surface area contributed by atoms with Crippen LogP contribution in [0.25, 0.3) is 32.3 Å². The largest absolute Gasteiger partial charge is 0.372 e.